The molecule has 8 fully saturated rings. The predicted molar refractivity (Wildman–Crippen MR) is 90.8 cm³/mol. The van der Waals surface area contributed by atoms with Crippen LogP contribution in [-0.4, -0.2) is 0 Å². The van der Waals surface area contributed by atoms with E-state index in [1.807, 2.05) is 0 Å². The maximum atomic E-state index is 2.55. The van der Waals surface area contributed by atoms with Gasteiger partial charge < -0.3 is 0 Å². The molecule has 0 heteroatoms. The second kappa shape index (κ2) is 2.52. The Balaban J connectivity index is 1.10. The average molecular weight is 309 g/mol. The molecule has 0 N–H and O–H groups in total. The fourth-order valence-corrected chi connectivity index (χ4v) is 11.5. The third-order valence-corrected chi connectivity index (χ3v) is 12.8. The fourth-order valence-electron chi connectivity index (χ4n) is 11.5. The molecule has 124 valence electrons. The standard InChI is InChI=1S/C23H32/c1-4-6-16(5-2)8-18(16)10-20(18)12-22(20)14-23(22)13-21(23)11-19(21)9-17(19)7-15(17)3/h15H,4-14H2,1-3H3. The van der Waals surface area contributed by atoms with E-state index >= 15 is 0 Å². The van der Waals surface area contributed by atoms with Gasteiger partial charge in [-0.05, 0) is 113 Å². The van der Waals surface area contributed by atoms with E-state index in [1.54, 1.807) is 57.8 Å². The van der Waals surface area contributed by atoms with Crippen molar-refractivity contribution >= 4 is 0 Å². The molecular formula is C23H32. The van der Waals surface area contributed by atoms with Crippen molar-refractivity contribution in [3.05, 3.63) is 0 Å². The summed E-state index contributed by atoms with van der Waals surface area (Å²) >= 11 is 0. The van der Waals surface area contributed by atoms with E-state index in [9.17, 15) is 0 Å². The highest BCUT2D eigenvalue weighted by Gasteiger charge is 3.14. The molecule has 0 heterocycles. The molecule has 0 nitrogen and oxygen atoms in total. The molecule has 0 bridgehead atoms. The highest BCUT2D eigenvalue weighted by molar-refractivity contribution is 5.62. The van der Waals surface area contributed by atoms with E-state index in [1.165, 1.54) is 12.8 Å². The maximum Gasteiger partial charge on any atom is -0.0161 e. The van der Waals surface area contributed by atoms with E-state index in [0.717, 1.165) is 49.2 Å². The van der Waals surface area contributed by atoms with Crippen molar-refractivity contribution in [2.24, 2.45) is 49.2 Å². The highest BCUT2D eigenvalue weighted by atomic mass is 15.2. The molecule has 9 unspecified atom stereocenters. The Hall–Kier alpha value is 0. The van der Waals surface area contributed by atoms with Crippen LogP contribution in [-0.2, 0) is 0 Å². The van der Waals surface area contributed by atoms with Crippen LogP contribution in [0, 0.1) is 49.2 Å². The molecule has 7 spiro atoms. The van der Waals surface area contributed by atoms with Gasteiger partial charge in [-0.1, -0.05) is 27.2 Å². The van der Waals surface area contributed by atoms with Crippen LogP contribution in [0.4, 0.5) is 0 Å². The van der Waals surface area contributed by atoms with Gasteiger partial charge in [0.15, 0.2) is 0 Å². The van der Waals surface area contributed by atoms with E-state index in [2.05, 4.69) is 20.8 Å². The van der Waals surface area contributed by atoms with Crippen molar-refractivity contribution in [1.29, 1.82) is 0 Å². The third kappa shape index (κ3) is 0.769. The Morgan fingerprint density at radius 1 is 0.696 bits per heavy atom. The molecular weight excluding hydrogens is 276 g/mol. The van der Waals surface area contributed by atoms with Crippen LogP contribution in [0.5, 0.6) is 0 Å². The molecule has 8 aliphatic rings. The van der Waals surface area contributed by atoms with Crippen LogP contribution in [0.1, 0.15) is 91.4 Å². The van der Waals surface area contributed by atoms with Gasteiger partial charge in [0.2, 0.25) is 0 Å². The van der Waals surface area contributed by atoms with E-state index in [-0.39, 0.29) is 0 Å². The van der Waals surface area contributed by atoms with E-state index < -0.39 is 0 Å². The van der Waals surface area contributed by atoms with Gasteiger partial charge in [-0.2, -0.15) is 0 Å². The largest absolute Gasteiger partial charge is 0.0654 e. The van der Waals surface area contributed by atoms with Gasteiger partial charge in [0.25, 0.3) is 0 Å². The van der Waals surface area contributed by atoms with Crippen molar-refractivity contribution in [3.8, 4) is 0 Å². The van der Waals surface area contributed by atoms with Gasteiger partial charge in [0, 0.05) is 0 Å². The summed E-state index contributed by atoms with van der Waals surface area (Å²) in [6, 6.07) is 0. The number of fused-ring (bicyclic) bond motifs is 6. The summed E-state index contributed by atoms with van der Waals surface area (Å²) in [6.45, 7) is 7.48. The Kier molecular flexibility index (Phi) is 1.36. The molecule has 0 amide bonds. The molecule has 0 saturated heterocycles. The molecule has 8 saturated carbocycles. The number of hydrogen-bond donors (Lipinski definition) is 0. The first-order valence-electron chi connectivity index (χ1n) is 10.9. The van der Waals surface area contributed by atoms with Crippen LogP contribution >= 0.6 is 0 Å². The molecule has 0 aromatic rings. The lowest BCUT2D eigenvalue weighted by atomic mass is 9.91. The first-order valence-corrected chi connectivity index (χ1v) is 10.9. The molecule has 9 atom stereocenters. The van der Waals surface area contributed by atoms with Crippen LogP contribution < -0.4 is 0 Å². The topological polar surface area (TPSA) is 0 Å². The van der Waals surface area contributed by atoms with Gasteiger partial charge >= 0.3 is 0 Å². The predicted octanol–water partition coefficient (Wildman–Crippen LogP) is 5.95. The van der Waals surface area contributed by atoms with Crippen LogP contribution in [0.25, 0.3) is 0 Å². The number of hydrogen-bond acceptors (Lipinski definition) is 0. The maximum absolute atomic E-state index is 2.55. The van der Waals surface area contributed by atoms with E-state index in [0.29, 0.717) is 0 Å². The highest BCUT2D eigenvalue weighted by Crippen LogP contribution is 3.21. The van der Waals surface area contributed by atoms with Crippen molar-refractivity contribution in [1.82, 2.24) is 0 Å². The van der Waals surface area contributed by atoms with Gasteiger partial charge in [-0.3, -0.25) is 0 Å². The van der Waals surface area contributed by atoms with Gasteiger partial charge in [0.1, 0.15) is 0 Å². The Morgan fingerprint density at radius 3 is 1.74 bits per heavy atom. The lowest BCUT2D eigenvalue weighted by molar-refractivity contribution is 0.359. The van der Waals surface area contributed by atoms with Crippen LogP contribution in [0.2, 0.25) is 0 Å². The summed E-state index contributed by atoms with van der Waals surface area (Å²) < 4.78 is 0. The zero-order valence-electron chi connectivity index (χ0n) is 15.4. The van der Waals surface area contributed by atoms with Crippen LogP contribution in [0.3, 0.4) is 0 Å². The summed E-state index contributed by atoms with van der Waals surface area (Å²) in [7, 11) is 0. The van der Waals surface area contributed by atoms with Gasteiger partial charge in [0.05, 0.1) is 0 Å². The number of rotatable bonds is 3. The minimum Gasteiger partial charge on any atom is -0.0654 e. The molecule has 0 radical (unpaired) electrons. The lowest BCUT2D eigenvalue weighted by Crippen LogP contribution is -2.05. The molecule has 8 rings (SSSR count). The summed E-state index contributed by atoms with van der Waals surface area (Å²) in [5.41, 5.74) is 7.36. The molecule has 0 aromatic carbocycles. The third-order valence-electron chi connectivity index (χ3n) is 12.8. The van der Waals surface area contributed by atoms with Crippen molar-refractivity contribution in [2.45, 2.75) is 91.4 Å². The first kappa shape index (κ1) is 12.4. The molecule has 8 aliphatic carbocycles. The van der Waals surface area contributed by atoms with Crippen molar-refractivity contribution in [2.75, 3.05) is 0 Å². The molecule has 0 aliphatic heterocycles. The monoisotopic (exact) mass is 308 g/mol. The minimum absolute atomic E-state index is 0.824. The van der Waals surface area contributed by atoms with Crippen molar-refractivity contribution in [3.63, 3.8) is 0 Å². The minimum atomic E-state index is 0.824. The summed E-state index contributed by atoms with van der Waals surface area (Å²) in [5, 5.41) is 0. The van der Waals surface area contributed by atoms with Gasteiger partial charge in [-0.25, -0.2) is 0 Å². The quantitative estimate of drug-likeness (QED) is 0.604. The Bertz CT molecular complexity index is 694. The normalized spacial score (nSPS) is 81.8. The second-order valence-corrected chi connectivity index (χ2v) is 12.4. The molecule has 0 aromatic heterocycles. The zero-order chi connectivity index (χ0) is 15.4. The summed E-state index contributed by atoms with van der Waals surface area (Å²) in [5.74, 6) is 1.11. The summed E-state index contributed by atoms with van der Waals surface area (Å²) in [4.78, 5) is 0. The lowest BCUT2D eigenvalue weighted by Gasteiger charge is -2.13. The zero-order valence-corrected chi connectivity index (χ0v) is 15.4. The molecule has 23 heavy (non-hydrogen) atoms. The van der Waals surface area contributed by atoms with E-state index in [4.69, 9.17) is 0 Å². The average Bonchev–Trinajstić information content (AvgIpc) is 3.32. The first-order chi connectivity index (χ1) is 10.9. The van der Waals surface area contributed by atoms with Crippen molar-refractivity contribution < 1.29 is 0 Å². The second-order valence-electron chi connectivity index (χ2n) is 12.4. The Labute approximate surface area is 141 Å². The fraction of sp³-hybridized carbons (Fsp3) is 1.00. The smallest absolute Gasteiger partial charge is 0.0161 e. The Morgan fingerprint density at radius 2 is 1.22 bits per heavy atom. The van der Waals surface area contributed by atoms with Gasteiger partial charge in [-0.15, -0.1) is 0 Å². The SMILES string of the molecule is CCCC1(CC)CC12CC21CC12CC21CC12CC21CC12CC2C. The van der Waals surface area contributed by atoms with Crippen LogP contribution in [0.15, 0.2) is 0 Å². The summed E-state index contributed by atoms with van der Waals surface area (Å²) in [6.07, 6.45) is 17.9.